The normalized spacial score (nSPS) is 13.6. The molecule has 0 unspecified atom stereocenters. The minimum atomic E-state index is -0.966. The van der Waals surface area contributed by atoms with Crippen molar-refractivity contribution in [2.45, 2.75) is 46.0 Å². The fourth-order valence-corrected chi connectivity index (χ4v) is 3.37. The van der Waals surface area contributed by atoms with Crippen LogP contribution >= 0.6 is 0 Å². The second-order valence-electron chi connectivity index (χ2n) is 6.35. The average molecular weight is 330 g/mol. The van der Waals surface area contributed by atoms with Crippen LogP contribution in [0.15, 0.2) is 35.9 Å². The van der Waals surface area contributed by atoms with Crippen molar-refractivity contribution in [3.8, 4) is 11.1 Å². The van der Waals surface area contributed by atoms with E-state index in [1.54, 1.807) is 13.0 Å². The van der Waals surface area contributed by atoms with Crippen LogP contribution in [0.4, 0.5) is 13.2 Å². The first kappa shape index (κ1) is 16.8. The number of allylic oxidation sites excluding steroid dienone is 2. The van der Waals surface area contributed by atoms with Crippen LogP contribution in [0.1, 0.15) is 43.4 Å². The number of hydrogen-bond acceptors (Lipinski definition) is 0. The predicted molar refractivity (Wildman–Crippen MR) is 91.5 cm³/mol. The van der Waals surface area contributed by atoms with Gasteiger partial charge in [-0.25, -0.2) is 13.2 Å². The molecule has 0 aliphatic heterocycles. The molecule has 0 aromatic heterocycles. The summed E-state index contributed by atoms with van der Waals surface area (Å²) in [7, 11) is 0. The first-order valence-corrected chi connectivity index (χ1v) is 8.51. The van der Waals surface area contributed by atoms with Crippen molar-refractivity contribution in [1.29, 1.82) is 0 Å². The third-order valence-corrected chi connectivity index (χ3v) is 4.72. The molecule has 24 heavy (non-hydrogen) atoms. The number of halogens is 3. The molecule has 0 heterocycles. The number of rotatable bonds is 4. The molecule has 0 amide bonds. The summed E-state index contributed by atoms with van der Waals surface area (Å²) < 4.78 is 43.0. The van der Waals surface area contributed by atoms with Gasteiger partial charge < -0.3 is 0 Å². The van der Waals surface area contributed by atoms with Gasteiger partial charge in [0.05, 0.1) is 0 Å². The van der Waals surface area contributed by atoms with Crippen molar-refractivity contribution in [2.75, 3.05) is 0 Å². The van der Waals surface area contributed by atoms with Gasteiger partial charge in [0.1, 0.15) is 5.82 Å². The fraction of sp³-hybridized carbons (Fsp3) is 0.333. The largest absolute Gasteiger partial charge is 0.206 e. The molecule has 0 saturated carbocycles. The number of fused-ring (bicyclic) bond motifs is 1. The van der Waals surface area contributed by atoms with E-state index >= 15 is 0 Å². The van der Waals surface area contributed by atoms with Crippen LogP contribution in [0.3, 0.4) is 0 Å². The van der Waals surface area contributed by atoms with Crippen LogP contribution in [0.2, 0.25) is 0 Å². The van der Waals surface area contributed by atoms with Crippen molar-refractivity contribution in [3.63, 3.8) is 0 Å². The summed E-state index contributed by atoms with van der Waals surface area (Å²) in [5.74, 6) is -2.34. The molecule has 0 radical (unpaired) electrons. The smallest absolute Gasteiger partial charge is 0.167 e. The summed E-state index contributed by atoms with van der Waals surface area (Å²) in [5.41, 5.74) is 3.70. The topological polar surface area (TPSA) is 0 Å². The molecule has 0 nitrogen and oxygen atoms in total. The van der Waals surface area contributed by atoms with E-state index in [4.69, 9.17) is 0 Å². The minimum Gasteiger partial charge on any atom is -0.206 e. The molecule has 0 bridgehead atoms. The zero-order valence-corrected chi connectivity index (χ0v) is 14.1. The molecular formula is C21H21F3. The highest BCUT2D eigenvalue weighted by atomic mass is 19.2. The predicted octanol–water partition coefficient (Wildman–Crippen LogP) is 6.16. The van der Waals surface area contributed by atoms with Gasteiger partial charge in [-0.1, -0.05) is 44.1 Å². The standard InChI is InChI=1S/C21H21F3/c1-3-5-13-6-7-15-11-18(19(22)12-16(15)10-13)17-9-8-14(4-2)20(23)21(17)24/h6,8-9,11-12H,3-5,7,10H2,1-2H3. The number of aryl methyl sites for hydroxylation is 1. The molecule has 1 aliphatic rings. The third kappa shape index (κ3) is 3.00. The monoisotopic (exact) mass is 330 g/mol. The molecule has 0 N–H and O–H groups in total. The van der Waals surface area contributed by atoms with E-state index in [0.717, 1.165) is 36.8 Å². The highest BCUT2D eigenvalue weighted by Crippen LogP contribution is 2.33. The van der Waals surface area contributed by atoms with Crippen molar-refractivity contribution in [2.24, 2.45) is 0 Å². The van der Waals surface area contributed by atoms with Crippen molar-refractivity contribution >= 4 is 0 Å². The van der Waals surface area contributed by atoms with Gasteiger partial charge in [-0.05, 0) is 54.5 Å². The third-order valence-electron chi connectivity index (χ3n) is 4.72. The second kappa shape index (κ2) is 6.84. The lowest BCUT2D eigenvalue weighted by atomic mass is 9.87. The number of benzene rings is 2. The Hall–Kier alpha value is -2.03. The summed E-state index contributed by atoms with van der Waals surface area (Å²) in [6.45, 7) is 3.88. The summed E-state index contributed by atoms with van der Waals surface area (Å²) in [5, 5.41) is 0. The van der Waals surface area contributed by atoms with Crippen LogP contribution in [0.5, 0.6) is 0 Å². The highest BCUT2D eigenvalue weighted by molar-refractivity contribution is 5.67. The zero-order chi connectivity index (χ0) is 17.3. The maximum Gasteiger partial charge on any atom is 0.167 e. The lowest BCUT2D eigenvalue weighted by molar-refractivity contribution is 0.501. The average Bonchev–Trinajstić information content (AvgIpc) is 2.57. The van der Waals surface area contributed by atoms with Gasteiger partial charge in [0.2, 0.25) is 0 Å². The van der Waals surface area contributed by atoms with E-state index in [1.165, 1.54) is 23.8 Å². The molecule has 1 aliphatic carbocycles. The quantitative estimate of drug-likeness (QED) is 0.589. The molecule has 3 rings (SSSR count). The van der Waals surface area contributed by atoms with Crippen LogP contribution in [-0.4, -0.2) is 0 Å². The fourth-order valence-electron chi connectivity index (χ4n) is 3.37. The molecule has 0 saturated heterocycles. The van der Waals surface area contributed by atoms with Crippen molar-refractivity contribution in [3.05, 3.63) is 70.1 Å². The van der Waals surface area contributed by atoms with E-state index in [1.807, 2.05) is 0 Å². The summed E-state index contributed by atoms with van der Waals surface area (Å²) in [6.07, 6.45) is 6.11. The molecule has 0 atom stereocenters. The minimum absolute atomic E-state index is 0.00617. The molecule has 126 valence electrons. The molecule has 3 heteroatoms. The Kier molecular flexibility index (Phi) is 4.79. The molecule has 0 fully saturated rings. The van der Waals surface area contributed by atoms with Gasteiger partial charge in [-0.2, -0.15) is 0 Å². The Morgan fingerprint density at radius 3 is 2.42 bits per heavy atom. The number of hydrogen-bond donors (Lipinski definition) is 0. The Labute approximate surface area is 141 Å². The Morgan fingerprint density at radius 2 is 1.71 bits per heavy atom. The highest BCUT2D eigenvalue weighted by Gasteiger charge is 2.20. The van der Waals surface area contributed by atoms with Crippen LogP contribution in [0, 0.1) is 17.5 Å². The molecular weight excluding hydrogens is 309 g/mol. The van der Waals surface area contributed by atoms with Crippen LogP contribution < -0.4 is 0 Å². The maximum absolute atomic E-state index is 14.6. The van der Waals surface area contributed by atoms with Gasteiger partial charge in [0.15, 0.2) is 11.6 Å². The molecule has 0 spiro atoms. The molecule has 2 aromatic rings. The van der Waals surface area contributed by atoms with E-state index < -0.39 is 17.5 Å². The van der Waals surface area contributed by atoms with Gasteiger partial charge in [-0.3, -0.25) is 0 Å². The van der Waals surface area contributed by atoms with E-state index in [-0.39, 0.29) is 11.1 Å². The van der Waals surface area contributed by atoms with Crippen molar-refractivity contribution < 1.29 is 13.2 Å². The summed E-state index contributed by atoms with van der Waals surface area (Å²) in [4.78, 5) is 0. The zero-order valence-electron chi connectivity index (χ0n) is 14.1. The van der Waals surface area contributed by atoms with Crippen molar-refractivity contribution in [1.82, 2.24) is 0 Å². The van der Waals surface area contributed by atoms with E-state index in [2.05, 4.69) is 13.0 Å². The van der Waals surface area contributed by atoms with Gasteiger partial charge in [0, 0.05) is 11.1 Å². The first-order chi connectivity index (χ1) is 11.5. The Balaban J connectivity index is 2.03. The van der Waals surface area contributed by atoms with Gasteiger partial charge >= 0.3 is 0 Å². The van der Waals surface area contributed by atoms with E-state index in [9.17, 15) is 13.2 Å². The van der Waals surface area contributed by atoms with Gasteiger partial charge in [0.25, 0.3) is 0 Å². The maximum atomic E-state index is 14.6. The van der Waals surface area contributed by atoms with Crippen LogP contribution in [-0.2, 0) is 19.3 Å². The Bertz CT molecular complexity index is 803. The van der Waals surface area contributed by atoms with E-state index in [0.29, 0.717) is 12.0 Å². The summed E-state index contributed by atoms with van der Waals surface area (Å²) >= 11 is 0. The molecule has 2 aromatic carbocycles. The van der Waals surface area contributed by atoms with Gasteiger partial charge in [-0.15, -0.1) is 0 Å². The first-order valence-electron chi connectivity index (χ1n) is 8.51. The Morgan fingerprint density at radius 1 is 0.917 bits per heavy atom. The second-order valence-corrected chi connectivity index (χ2v) is 6.35. The lowest BCUT2D eigenvalue weighted by Crippen LogP contribution is -2.06. The summed E-state index contributed by atoms with van der Waals surface area (Å²) in [6, 6.07) is 6.17. The SMILES string of the molecule is CCCC1=CCc2cc(-c3ccc(CC)c(F)c3F)c(F)cc2C1. The van der Waals surface area contributed by atoms with Crippen LogP contribution in [0.25, 0.3) is 11.1 Å². The lowest BCUT2D eigenvalue weighted by Gasteiger charge is -2.19.